The van der Waals surface area contributed by atoms with Gasteiger partial charge in [0.1, 0.15) is 17.3 Å². The number of hydrogen-bond acceptors (Lipinski definition) is 4. The van der Waals surface area contributed by atoms with Crippen molar-refractivity contribution >= 4 is 36.2 Å². The van der Waals surface area contributed by atoms with Crippen LogP contribution in [0, 0.1) is 0 Å². The van der Waals surface area contributed by atoms with Crippen LogP contribution in [0.25, 0.3) is 5.76 Å². The Morgan fingerprint density at radius 2 is 1.15 bits per heavy atom. The van der Waals surface area contributed by atoms with E-state index in [2.05, 4.69) is 22.6 Å². The van der Waals surface area contributed by atoms with E-state index >= 15 is 0 Å². The maximum Gasteiger partial charge on any atom is 0.647 e. The van der Waals surface area contributed by atoms with Gasteiger partial charge in [-0.15, -0.1) is 0 Å². The Morgan fingerprint density at radius 1 is 0.741 bits per heavy atom. The molecule has 4 nitrogen and oxygen atoms in total. The van der Waals surface area contributed by atoms with Crippen molar-refractivity contribution in [3.8, 4) is 11.5 Å². The van der Waals surface area contributed by atoms with Crippen LogP contribution in [0.5, 0.6) is 11.5 Å². The number of phosphoric acid groups is 1. The second-order valence-corrected chi connectivity index (χ2v) is 8.64. The van der Waals surface area contributed by atoms with Crippen LogP contribution < -0.4 is 9.05 Å². The molecule has 3 rings (SSSR count). The van der Waals surface area contributed by atoms with Crippen LogP contribution >= 0.6 is 30.4 Å². The third kappa shape index (κ3) is 5.62. The van der Waals surface area contributed by atoms with Gasteiger partial charge in [-0.2, -0.15) is 4.57 Å². The summed E-state index contributed by atoms with van der Waals surface area (Å²) < 4.78 is 31.6. The molecule has 3 aromatic carbocycles. The van der Waals surface area contributed by atoms with Crippen molar-refractivity contribution in [2.45, 2.75) is 6.92 Å². The van der Waals surface area contributed by atoms with Crippen LogP contribution in [0.4, 0.5) is 0 Å². The van der Waals surface area contributed by atoms with Gasteiger partial charge in [-0.3, -0.25) is 0 Å². The second-order valence-electron chi connectivity index (χ2n) is 5.58. The quantitative estimate of drug-likeness (QED) is 0.201. The first-order chi connectivity index (χ1) is 13.1. The van der Waals surface area contributed by atoms with Gasteiger partial charge in [-0.05, 0) is 53.8 Å². The molecule has 0 atom stereocenters. The molecule has 0 fully saturated rings. The van der Waals surface area contributed by atoms with Crippen LogP contribution in [0.15, 0.2) is 94.6 Å². The van der Waals surface area contributed by atoms with Gasteiger partial charge in [0.05, 0.1) is 0 Å². The fourth-order valence-electron chi connectivity index (χ4n) is 2.29. The molecule has 6 heteroatoms. The number of benzene rings is 3. The second kappa shape index (κ2) is 9.11. The zero-order chi connectivity index (χ0) is 19.1. The van der Waals surface area contributed by atoms with Crippen molar-refractivity contribution < 1.29 is 18.1 Å². The average Bonchev–Trinajstić information content (AvgIpc) is 2.68. The van der Waals surface area contributed by atoms with Crippen molar-refractivity contribution in [3.05, 3.63) is 100 Å². The summed E-state index contributed by atoms with van der Waals surface area (Å²) in [4.78, 5) is 0. The molecule has 0 saturated carbocycles. The summed E-state index contributed by atoms with van der Waals surface area (Å²) in [5.41, 5.74) is 0.790. The van der Waals surface area contributed by atoms with Crippen molar-refractivity contribution in [1.29, 1.82) is 0 Å². The predicted octanol–water partition coefficient (Wildman–Crippen LogP) is 7.09. The van der Waals surface area contributed by atoms with Gasteiger partial charge in [0, 0.05) is 9.14 Å². The molecule has 0 amide bonds. The maximum atomic E-state index is 13.5. The summed E-state index contributed by atoms with van der Waals surface area (Å²) in [5, 5.41) is 0. The highest BCUT2D eigenvalue weighted by Crippen LogP contribution is 2.53. The first-order valence-corrected chi connectivity index (χ1v) is 10.8. The summed E-state index contributed by atoms with van der Waals surface area (Å²) in [6.07, 6.45) is 0. The van der Waals surface area contributed by atoms with E-state index in [0.717, 1.165) is 9.14 Å². The molecule has 0 bridgehead atoms. The Hall–Kier alpha value is -2.24. The number of hydrogen-bond donors (Lipinski definition) is 0. The molecular weight excluding hydrogens is 474 g/mol. The fraction of sp³-hybridized carbons (Fsp3) is 0.0476. The van der Waals surface area contributed by atoms with E-state index in [-0.39, 0.29) is 0 Å². The lowest BCUT2D eigenvalue weighted by molar-refractivity contribution is 0.284. The lowest BCUT2D eigenvalue weighted by Gasteiger charge is -2.21. The Labute approximate surface area is 172 Å². The Balaban J connectivity index is 1.96. The van der Waals surface area contributed by atoms with E-state index in [1.165, 1.54) is 0 Å². The molecule has 0 radical (unpaired) electrons. The minimum Gasteiger partial charge on any atom is -0.386 e. The van der Waals surface area contributed by atoms with Crippen LogP contribution in [-0.4, -0.2) is 0 Å². The van der Waals surface area contributed by atoms with Gasteiger partial charge in [0.2, 0.25) is 0 Å². The van der Waals surface area contributed by atoms with E-state index in [9.17, 15) is 4.57 Å². The third-order valence-corrected chi connectivity index (χ3v) is 5.24. The summed E-state index contributed by atoms with van der Waals surface area (Å²) in [6, 6.07) is 27.1. The minimum absolute atomic E-state index is 0.398. The Morgan fingerprint density at radius 3 is 1.56 bits per heavy atom. The molecule has 3 aromatic rings. The maximum absolute atomic E-state index is 13.5. The molecule has 0 aliphatic heterocycles. The molecule has 0 spiro atoms. The normalized spacial score (nSPS) is 12.1. The first-order valence-electron chi connectivity index (χ1n) is 8.26. The molecule has 138 valence electrons. The summed E-state index contributed by atoms with van der Waals surface area (Å²) in [7, 11) is -4.00. The Bertz CT molecular complexity index is 894. The van der Waals surface area contributed by atoms with Crippen LogP contribution in [0.2, 0.25) is 0 Å². The zero-order valence-electron chi connectivity index (χ0n) is 14.6. The Kier molecular flexibility index (Phi) is 6.58. The molecule has 0 aromatic heterocycles. The van der Waals surface area contributed by atoms with Crippen LogP contribution in [0.1, 0.15) is 12.5 Å². The highest BCUT2D eigenvalue weighted by Gasteiger charge is 2.34. The van der Waals surface area contributed by atoms with E-state index in [1.807, 2.05) is 49.4 Å². The van der Waals surface area contributed by atoms with Crippen molar-refractivity contribution in [1.82, 2.24) is 0 Å². The monoisotopic (exact) mass is 492 g/mol. The van der Waals surface area contributed by atoms with Crippen molar-refractivity contribution in [3.63, 3.8) is 0 Å². The average molecular weight is 492 g/mol. The number of allylic oxidation sites excluding steroid dienone is 1. The zero-order valence-corrected chi connectivity index (χ0v) is 17.7. The molecule has 0 saturated heterocycles. The molecule has 27 heavy (non-hydrogen) atoms. The fourth-order valence-corrected chi connectivity index (χ4v) is 4.23. The summed E-state index contributed by atoms with van der Waals surface area (Å²) in [5.74, 6) is 1.25. The van der Waals surface area contributed by atoms with Gasteiger partial charge in [-0.1, -0.05) is 66.7 Å². The minimum atomic E-state index is -4.00. The van der Waals surface area contributed by atoms with Crippen LogP contribution in [0.3, 0.4) is 0 Å². The largest absolute Gasteiger partial charge is 0.647 e. The standard InChI is InChI=1S/C21H18IO4P/c1-17(22)21(18-11-5-2-6-12-18)26-27(23,24-19-13-7-3-8-14-19)25-20-15-9-4-10-16-20/h2-16H,1H3/b21-17+. The number of phosphoric ester groups is 1. The van der Waals surface area contributed by atoms with Gasteiger partial charge in [0.25, 0.3) is 0 Å². The van der Waals surface area contributed by atoms with E-state index in [1.54, 1.807) is 48.5 Å². The lowest BCUT2D eigenvalue weighted by Crippen LogP contribution is -2.05. The van der Waals surface area contributed by atoms with Gasteiger partial charge >= 0.3 is 7.82 Å². The number of para-hydroxylation sites is 2. The van der Waals surface area contributed by atoms with E-state index in [0.29, 0.717) is 17.3 Å². The van der Waals surface area contributed by atoms with E-state index < -0.39 is 7.82 Å². The van der Waals surface area contributed by atoms with Gasteiger partial charge in [-0.25, -0.2) is 0 Å². The number of rotatable bonds is 7. The molecule has 0 N–H and O–H groups in total. The molecule has 0 aliphatic carbocycles. The number of halogens is 1. The third-order valence-electron chi connectivity index (χ3n) is 3.47. The summed E-state index contributed by atoms with van der Waals surface area (Å²) in [6.45, 7) is 1.87. The summed E-state index contributed by atoms with van der Waals surface area (Å²) >= 11 is 2.13. The van der Waals surface area contributed by atoms with Crippen molar-refractivity contribution in [2.24, 2.45) is 0 Å². The predicted molar refractivity (Wildman–Crippen MR) is 116 cm³/mol. The van der Waals surface area contributed by atoms with Gasteiger partial charge < -0.3 is 13.6 Å². The first kappa shape index (κ1) is 19.5. The highest BCUT2D eigenvalue weighted by atomic mass is 127. The molecule has 0 heterocycles. The van der Waals surface area contributed by atoms with Crippen LogP contribution in [-0.2, 0) is 9.09 Å². The smallest absolute Gasteiger partial charge is 0.386 e. The SMILES string of the molecule is C/C(I)=C(\OP(=O)(Oc1ccccc1)Oc1ccccc1)c1ccccc1. The lowest BCUT2D eigenvalue weighted by atomic mass is 10.2. The van der Waals surface area contributed by atoms with Crippen molar-refractivity contribution in [2.75, 3.05) is 0 Å². The molecule has 0 unspecified atom stereocenters. The molecular formula is C21H18IO4P. The molecule has 0 aliphatic rings. The topological polar surface area (TPSA) is 44.8 Å². The highest BCUT2D eigenvalue weighted by molar-refractivity contribution is 14.1. The van der Waals surface area contributed by atoms with E-state index in [4.69, 9.17) is 13.6 Å². The van der Waals surface area contributed by atoms with Gasteiger partial charge in [0.15, 0.2) is 0 Å².